The third kappa shape index (κ3) is 3.32. The van der Waals surface area contributed by atoms with Crippen molar-refractivity contribution >= 4 is 23.2 Å². The minimum absolute atomic E-state index is 0.183. The molecule has 0 atom stereocenters. The van der Waals surface area contributed by atoms with Crippen LogP contribution in [0.1, 0.15) is 17.2 Å². The van der Waals surface area contributed by atoms with Crippen LogP contribution < -0.4 is 0 Å². The van der Waals surface area contributed by atoms with Crippen LogP contribution in [0.2, 0.25) is 5.02 Å². The summed E-state index contributed by atoms with van der Waals surface area (Å²) in [5.74, 6) is 0.934. The van der Waals surface area contributed by atoms with Crippen molar-refractivity contribution in [3.8, 4) is 5.82 Å². The molecule has 0 radical (unpaired) electrons. The minimum atomic E-state index is -3.57. The number of aromatic nitrogens is 6. The third-order valence-electron chi connectivity index (χ3n) is 3.10. The molecular formula is C13H10Cl2F2N6. The number of halogens is 4. The van der Waals surface area contributed by atoms with E-state index in [0.29, 0.717) is 22.4 Å². The summed E-state index contributed by atoms with van der Waals surface area (Å²) in [5.41, 5.74) is -0.101. The lowest BCUT2D eigenvalue weighted by Crippen LogP contribution is -2.10. The Morgan fingerprint density at radius 2 is 1.96 bits per heavy atom. The molecule has 0 unspecified atom stereocenters. The topological polar surface area (TPSA) is 61.4 Å². The fourth-order valence-electron chi connectivity index (χ4n) is 2.05. The van der Waals surface area contributed by atoms with Crippen LogP contribution in [0.4, 0.5) is 8.78 Å². The summed E-state index contributed by atoms with van der Waals surface area (Å²) in [5, 5.41) is 4.72. The highest BCUT2D eigenvalue weighted by Crippen LogP contribution is 2.32. The second-order valence-corrected chi connectivity index (χ2v) is 5.65. The van der Waals surface area contributed by atoms with Crippen LogP contribution in [-0.4, -0.2) is 29.5 Å². The summed E-state index contributed by atoms with van der Waals surface area (Å²) >= 11 is 10.8. The highest BCUT2D eigenvalue weighted by atomic mass is 35.5. The molecule has 3 aromatic heterocycles. The number of nitrogens with zero attached hydrogens (tertiary/aromatic N) is 6. The summed E-state index contributed by atoms with van der Waals surface area (Å²) in [7, 11) is 1.68. The molecule has 120 valence electrons. The van der Waals surface area contributed by atoms with Gasteiger partial charge in [0, 0.05) is 25.5 Å². The second-order valence-electron chi connectivity index (χ2n) is 4.74. The molecule has 23 heavy (non-hydrogen) atoms. The normalized spacial score (nSPS) is 11.9. The van der Waals surface area contributed by atoms with Gasteiger partial charge in [0.25, 0.3) is 0 Å². The lowest BCUT2D eigenvalue weighted by atomic mass is 10.2. The first kappa shape index (κ1) is 15.8. The van der Waals surface area contributed by atoms with Crippen LogP contribution >= 0.6 is 23.2 Å². The molecule has 0 amide bonds. The molecule has 3 heterocycles. The molecule has 0 N–H and O–H groups in total. The minimum Gasteiger partial charge on any atom is -0.251 e. The van der Waals surface area contributed by atoms with Crippen molar-refractivity contribution in [3.63, 3.8) is 0 Å². The lowest BCUT2D eigenvalue weighted by Gasteiger charge is -2.07. The Balaban J connectivity index is 2.05. The van der Waals surface area contributed by atoms with Gasteiger partial charge in [-0.2, -0.15) is 19.0 Å². The molecule has 0 aliphatic carbocycles. The summed E-state index contributed by atoms with van der Waals surface area (Å²) < 4.78 is 29.7. The maximum Gasteiger partial charge on any atom is 0.366 e. The highest BCUT2D eigenvalue weighted by Gasteiger charge is 2.33. The molecule has 3 rings (SSSR count). The summed E-state index contributed by atoms with van der Waals surface area (Å²) in [6.45, 7) is 0. The zero-order valence-electron chi connectivity index (χ0n) is 11.8. The van der Waals surface area contributed by atoms with E-state index < -0.39 is 11.1 Å². The number of hydrogen-bond donors (Lipinski definition) is 0. The quantitative estimate of drug-likeness (QED) is 0.672. The molecule has 0 spiro atoms. The van der Waals surface area contributed by atoms with Gasteiger partial charge in [0.15, 0.2) is 5.82 Å². The van der Waals surface area contributed by atoms with Crippen LogP contribution in [0.3, 0.4) is 0 Å². The molecule has 0 aromatic carbocycles. The smallest absolute Gasteiger partial charge is 0.251 e. The van der Waals surface area contributed by atoms with E-state index in [1.807, 2.05) is 0 Å². The van der Waals surface area contributed by atoms with Crippen LogP contribution in [0.15, 0.2) is 30.7 Å². The third-order valence-corrected chi connectivity index (χ3v) is 3.49. The largest absolute Gasteiger partial charge is 0.366 e. The van der Waals surface area contributed by atoms with Crippen LogP contribution in [0.5, 0.6) is 0 Å². The first-order valence-corrected chi connectivity index (χ1v) is 7.21. The average Bonchev–Trinajstić information content (AvgIpc) is 3.07. The van der Waals surface area contributed by atoms with E-state index in [4.69, 9.17) is 23.2 Å². The van der Waals surface area contributed by atoms with Gasteiger partial charge in [-0.25, -0.2) is 14.6 Å². The van der Waals surface area contributed by atoms with E-state index in [0.717, 1.165) is 0 Å². The molecule has 3 aromatic rings. The van der Waals surface area contributed by atoms with E-state index in [1.165, 1.54) is 34.0 Å². The van der Waals surface area contributed by atoms with Gasteiger partial charge >= 0.3 is 5.38 Å². The Bertz CT molecular complexity index is 822. The number of rotatable bonds is 4. The van der Waals surface area contributed by atoms with Crippen molar-refractivity contribution in [3.05, 3.63) is 53.0 Å². The molecule has 0 saturated carbocycles. The van der Waals surface area contributed by atoms with Crippen molar-refractivity contribution in [1.82, 2.24) is 29.5 Å². The van der Waals surface area contributed by atoms with Crippen molar-refractivity contribution < 1.29 is 8.78 Å². The van der Waals surface area contributed by atoms with Gasteiger partial charge < -0.3 is 0 Å². The van der Waals surface area contributed by atoms with E-state index in [9.17, 15) is 8.78 Å². The molecule has 0 bridgehead atoms. The molecule has 10 heteroatoms. The average molecular weight is 359 g/mol. The Hall–Kier alpha value is -2.06. The van der Waals surface area contributed by atoms with Crippen LogP contribution in [-0.2, 0) is 18.9 Å². The van der Waals surface area contributed by atoms with Crippen molar-refractivity contribution in [2.24, 2.45) is 7.05 Å². The maximum absolute atomic E-state index is 13.4. The molecular weight excluding hydrogens is 349 g/mol. The van der Waals surface area contributed by atoms with E-state index in [1.54, 1.807) is 13.1 Å². The van der Waals surface area contributed by atoms with Gasteiger partial charge in [-0.05, 0) is 17.7 Å². The Kier molecular flexibility index (Phi) is 4.03. The molecule has 0 aliphatic heterocycles. The van der Waals surface area contributed by atoms with Crippen LogP contribution in [0.25, 0.3) is 5.82 Å². The first-order valence-electron chi connectivity index (χ1n) is 6.45. The van der Waals surface area contributed by atoms with Gasteiger partial charge in [0.1, 0.15) is 11.5 Å². The van der Waals surface area contributed by atoms with E-state index in [-0.39, 0.29) is 6.42 Å². The fraction of sp³-hybridized carbons (Fsp3) is 0.231. The summed E-state index contributed by atoms with van der Waals surface area (Å²) in [4.78, 5) is 8.13. The second kappa shape index (κ2) is 5.86. The standard InChI is InChI=1S/C13H10Cl2F2N6/c1-22-12(2-3-20-22)23-9(4-10(21-23)13(15,16)17)5-11-18-6-8(14)7-19-11/h2-4,6-7H,5H2,1H3. The van der Waals surface area contributed by atoms with Gasteiger partial charge in [-0.1, -0.05) is 11.6 Å². The van der Waals surface area contributed by atoms with E-state index >= 15 is 0 Å². The zero-order valence-corrected chi connectivity index (χ0v) is 13.3. The molecule has 6 nitrogen and oxygen atoms in total. The SMILES string of the molecule is Cn1nccc1-n1nc(C(F)(F)Cl)cc1Cc1ncc(Cl)cn1. The first-order chi connectivity index (χ1) is 10.8. The lowest BCUT2D eigenvalue weighted by molar-refractivity contribution is 0.0895. The van der Waals surface area contributed by atoms with Gasteiger partial charge in [-0.15, -0.1) is 0 Å². The van der Waals surface area contributed by atoms with Crippen molar-refractivity contribution in [1.29, 1.82) is 0 Å². The summed E-state index contributed by atoms with van der Waals surface area (Å²) in [6.07, 6.45) is 4.60. The Morgan fingerprint density at radius 1 is 1.26 bits per heavy atom. The van der Waals surface area contributed by atoms with Gasteiger partial charge in [0.05, 0.1) is 23.3 Å². The predicted molar refractivity (Wildman–Crippen MR) is 79.9 cm³/mol. The van der Waals surface area contributed by atoms with Crippen molar-refractivity contribution in [2.75, 3.05) is 0 Å². The van der Waals surface area contributed by atoms with Gasteiger partial charge in [0.2, 0.25) is 0 Å². The number of alkyl halides is 3. The summed E-state index contributed by atoms with van der Waals surface area (Å²) in [6, 6.07) is 2.87. The Morgan fingerprint density at radius 3 is 2.52 bits per heavy atom. The number of aryl methyl sites for hydroxylation is 1. The van der Waals surface area contributed by atoms with Crippen LogP contribution in [0, 0.1) is 0 Å². The number of hydrogen-bond acceptors (Lipinski definition) is 4. The highest BCUT2D eigenvalue weighted by molar-refractivity contribution is 6.30. The monoisotopic (exact) mass is 358 g/mol. The Labute approximate surface area is 139 Å². The molecule has 0 aliphatic rings. The van der Waals surface area contributed by atoms with Gasteiger partial charge in [-0.3, -0.25) is 4.68 Å². The fourth-order valence-corrected chi connectivity index (χ4v) is 2.24. The molecule has 0 saturated heterocycles. The van der Waals surface area contributed by atoms with E-state index in [2.05, 4.69) is 20.2 Å². The zero-order chi connectivity index (χ0) is 16.6. The maximum atomic E-state index is 13.4. The molecule has 0 fully saturated rings. The van der Waals surface area contributed by atoms with Crippen molar-refractivity contribution in [2.45, 2.75) is 11.8 Å². The predicted octanol–water partition coefficient (Wildman–Crippen LogP) is 2.93.